The van der Waals surface area contributed by atoms with E-state index < -0.39 is 0 Å². The van der Waals surface area contributed by atoms with Gasteiger partial charge in [-0.25, -0.2) is 4.98 Å². The number of aromatic nitrogens is 2. The Bertz CT molecular complexity index is 778. The molecule has 114 valence electrons. The molecule has 0 spiro atoms. The number of pyridine rings is 1. The highest BCUT2D eigenvalue weighted by Crippen LogP contribution is 2.24. The lowest BCUT2D eigenvalue weighted by atomic mass is 10.1. The van der Waals surface area contributed by atoms with Gasteiger partial charge in [-0.05, 0) is 38.1 Å². The van der Waals surface area contributed by atoms with E-state index in [0.717, 1.165) is 47.4 Å². The largest absolute Gasteiger partial charge is 0.370 e. The molecule has 1 N–H and O–H groups in total. The molecular formula is C17H18ClN3O. The van der Waals surface area contributed by atoms with Crippen LogP contribution in [0.25, 0.3) is 10.8 Å². The van der Waals surface area contributed by atoms with Crippen molar-refractivity contribution in [2.45, 2.75) is 26.7 Å². The highest BCUT2D eigenvalue weighted by molar-refractivity contribution is 6.34. The minimum Gasteiger partial charge on any atom is -0.370 e. The molecule has 0 fully saturated rings. The van der Waals surface area contributed by atoms with Gasteiger partial charge in [0.25, 0.3) is 0 Å². The number of nitrogens with zero attached hydrogens (tertiary/aromatic N) is 2. The minimum absolute atomic E-state index is 0.534. The van der Waals surface area contributed by atoms with Crippen molar-refractivity contribution in [1.29, 1.82) is 0 Å². The summed E-state index contributed by atoms with van der Waals surface area (Å²) in [6.07, 6.45) is 1.92. The molecule has 3 aromatic rings. The zero-order valence-corrected chi connectivity index (χ0v) is 13.4. The fourth-order valence-corrected chi connectivity index (χ4v) is 2.85. The molecule has 0 saturated carbocycles. The smallest absolute Gasteiger partial charge is 0.139 e. The summed E-state index contributed by atoms with van der Waals surface area (Å²) >= 11 is 6.23. The number of benzene rings is 1. The van der Waals surface area contributed by atoms with Crippen LogP contribution in [0.3, 0.4) is 0 Å². The second kappa shape index (κ2) is 6.36. The van der Waals surface area contributed by atoms with Crippen LogP contribution in [0, 0.1) is 13.8 Å². The molecule has 22 heavy (non-hydrogen) atoms. The van der Waals surface area contributed by atoms with Gasteiger partial charge in [0, 0.05) is 17.5 Å². The zero-order valence-electron chi connectivity index (χ0n) is 12.7. The quantitative estimate of drug-likeness (QED) is 0.555. The first kappa shape index (κ1) is 14.9. The van der Waals surface area contributed by atoms with Crippen molar-refractivity contribution in [3.8, 4) is 0 Å². The van der Waals surface area contributed by atoms with E-state index in [1.165, 1.54) is 5.56 Å². The van der Waals surface area contributed by atoms with Gasteiger partial charge in [-0.3, -0.25) is 0 Å². The van der Waals surface area contributed by atoms with Crippen molar-refractivity contribution < 1.29 is 4.52 Å². The van der Waals surface area contributed by atoms with E-state index >= 15 is 0 Å². The predicted molar refractivity (Wildman–Crippen MR) is 89.5 cm³/mol. The zero-order chi connectivity index (χ0) is 15.5. The summed E-state index contributed by atoms with van der Waals surface area (Å²) in [5.41, 5.74) is 2.18. The van der Waals surface area contributed by atoms with Crippen LogP contribution in [0.2, 0.25) is 5.15 Å². The van der Waals surface area contributed by atoms with Crippen LogP contribution in [-0.4, -0.2) is 16.7 Å². The van der Waals surface area contributed by atoms with Gasteiger partial charge in [0.05, 0.1) is 5.69 Å². The van der Waals surface area contributed by atoms with Crippen molar-refractivity contribution >= 4 is 28.2 Å². The number of halogens is 1. The number of anilines is 1. The maximum absolute atomic E-state index is 6.23. The lowest BCUT2D eigenvalue weighted by Gasteiger charge is -2.08. The summed E-state index contributed by atoms with van der Waals surface area (Å²) in [5, 5.41) is 9.91. The summed E-state index contributed by atoms with van der Waals surface area (Å²) in [6, 6.07) is 10.0. The molecule has 0 bridgehead atoms. The molecule has 0 amide bonds. The standard InChI is InChI=1S/C17H18ClN3O/c1-11-14(12(2)22-21-11)8-5-9-19-16-10-13-6-3-4-7-15(13)17(18)20-16/h3-4,6-7,10H,5,8-9H2,1-2H3,(H,19,20). The Labute approximate surface area is 134 Å². The Morgan fingerprint density at radius 1 is 1.23 bits per heavy atom. The van der Waals surface area contributed by atoms with Crippen molar-refractivity contribution in [1.82, 2.24) is 10.1 Å². The molecule has 0 aliphatic rings. The van der Waals surface area contributed by atoms with Crippen molar-refractivity contribution in [2.24, 2.45) is 0 Å². The Hall–Kier alpha value is -2.07. The first-order chi connectivity index (χ1) is 10.6. The van der Waals surface area contributed by atoms with Gasteiger partial charge in [0.1, 0.15) is 16.7 Å². The molecule has 0 saturated heterocycles. The molecule has 2 heterocycles. The molecule has 0 unspecified atom stereocenters. The molecule has 1 aromatic carbocycles. The Morgan fingerprint density at radius 3 is 2.82 bits per heavy atom. The van der Waals surface area contributed by atoms with Gasteiger partial charge < -0.3 is 9.84 Å². The third-order valence-electron chi connectivity index (χ3n) is 3.78. The highest BCUT2D eigenvalue weighted by Gasteiger charge is 2.08. The molecule has 0 radical (unpaired) electrons. The highest BCUT2D eigenvalue weighted by atomic mass is 35.5. The molecule has 4 nitrogen and oxygen atoms in total. The second-order valence-corrected chi connectivity index (χ2v) is 5.71. The summed E-state index contributed by atoms with van der Waals surface area (Å²) in [6.45, 7) is 4.75. The van der Waals surface area contributed by atoms with Crippen LogP contribution in [0.5, 0.6) is 0 Å². The average molecular weight is 316 g/mol. The van der Waals surface area contributed by atoms with Crippen LogP contribution in [0.15, 0.2) is 34.9 Å². The number of nitrogens with one attached hydrogen (secondary N) is 1. The fourth-order valence-electron chi connectivity index (χ4n) is 2.59. The van der Waals surface area contributed by atoms with Gasteiger partial charge >= 0.3 is 0 Å². The van der Waals surface area contributed by atoms with E-state index in [-0.39, 0.29) is 0 Å². The van der Waals surface area contributed by atoms with Crippen LogP contribution >= 0.6 is 11.6 Å². The van der Waals surface area contributed by atoms with Gasteiger partial charge in [-0.15, -0.1) is 0 Å². The Morgan fingerprint density at radius 2 is 2.05 bits per heavy atom. The van der Waals surface area contributed by atoms with E-state index in [9.17, 15) is 0 Å². The van der Waals surface area contributed by atoms with Crippen LogP contribution in [0.4, 0.5) is 5.82 Å². The average Bonchev–Trinajstić information content (AvgIpc) is 2.83. The number of fused-ring (bicyclic) bond motifs is 1. The molecular weight excluding hydrogens is 298 g/mol. The number of hydrogen-bond donors (Lipinski definition) is 1. The molecule has 3 rings (SSSR count). The SMILES string of the molecule is Cc1noc(C)c1CCCNc1cc2ccccc2c(Cl)n1. The van der Waals surface area contributed by atoms with Crippen molar-refractivity contribution in [3.63, 3.8) is 0 Å². The maximum atomic E-state index is 6.23. The third kappa shape index (κ3) is 3.07. The molecule has 0 atom stereocenters. The number of rotatable bonds is 5. The summed E-state index contributed by atoms with van der Waals surface area (Å²) in [4.78, 5) is 4.39. The third-order valence-corrected chi connectivity index (χ3v) is 4.07. The summed E-state index contributed by atoms with van der Waals surface area (Å²) in [5.74, 6) is 1.71. The van der Waals surface area contributed by atoms with Crippen LogP contribution < -0.4 is 5.32 Å². The van der Waals surface area contributed by atoms with Crippen molar-refractivity contribution in [3.05, 3.63) is 52.5 Å². The Balaban J connectivity index is 1.62. The molecule has 0 aliphatic heterocycles. The monoisotopic (exact) mass is 315 g/mol. The molecule has 5 heteroatoms. The van der Waals surface area contributed by atoms with Gasteiger partial charge in [-0.2, -0.15) is 0 Å². The summed E-state index contributed by atoms with van der Waals surface area (Å²) < 4.78 is 5.17. The normalized spacial score (nSPS) is 11.0. The number of aryl methyl sites for hydroxylation is 2. The van der Waals surface area contributed by atoms with Gasteiger partial charge in [-0.1, -0.05) is 41.0 Å². The van der Waals surface area contributed by atoms with E-state index in [1.54, 1.807) is 0 Å². The lowest BCUT2D eigenvalue weighted by molar-refractivity contribution is 0.392. The van der Waals surface area contributed by atoms with E-state index in [0.29, 0.717) is 5.15 Å². The molecule has 0 aliphatic carbocycles. The lowest BCUT2D eigenvalue weighted by Crippen LogP contribution is -2.05. The van der Waals surface area contributed by atoms with Crippen LogP contribution in [0.1, 0.15) is 23.4 Å². The van der Waals surface area contributed by atoms with E-state index in [4.69, 9.17) is 16.1 Å². The maximum Gasteiger partial charge on any atom is 0.139 e. The first-order valence-corrected chi connectivity index (χ1v) is 7.74. The van der Waals surface area contributed by atoms with Gasteiger partial charge in [0.2, 0.25) is 0 Å². The van der Waals surface area contributed by atoms with Gasteiger partial charge in [0.15, 0.2) is 0 Å². The Kier molecular flexibility index (Phi) is 4.29. The van der Waals surface area contributed by atoms with E-state index in [2.05, 4.69) is 15.5 Å². The topological polar surface area (TPSA) is 51.0 Å². The summed E-state index contributed by atoms with van der Waals surface area (Å²) in [7, 11) is 0. The van der Waals surface area contributed by atoms with Crippen LogP contribution in [-0.2, 0) is 6.42 Å². The first-order valence-electron chi connectivity index (χ1n) is 7.36. The number of hydrogen-bond acceptors (Lipinski definition) is 4. The predicted octanol–water partition coefficient (Wildman–Crippen LogP) is 4.54. The minimum atomic E-state index is 0.534. The molecule has 2 aromatic heterocycles. The van der Waals surface area contributed by atoms with Crippen molar-refractivity contribution in [2.75, 3.05) is 11.9 Å². The fraction of sp³-hybridized carbons (Fsp3) is 0.294. The second-order valence-electron chi connectivity index (χ2n) is 5.35. The van der Waals surface area contributed by atoms with E-state index in [1.807, 2.05) is 44.2 Å².